The van der Waals surface area contributed by atoms with Gasteiger partial charge in [0.1, 0.15) is 0 Å². The fraction of sp³-hybridized carbons (Fsp3) is 1.00. The van der Waals surface area contributed by atoms with Crippen LogP contribution in [0.5, 0.6) is 0 Å². The van der Waals surface area contributed by atoms with E-state index < -0.39 is 9.84 Å². The van der Waals surface area contributed by atoms with Gasteiger partial charge in [-0.25, -0.2) is 8.42 Å². The highest BCUT2D eigenvalue weighted by atomic mass is 32.2. The molecule has 78 valence electrons. The molecule has 2 N–H and O–H groups in total. The molecule has 0 radical (unpaired) electrons. The Kier molecular flexibility index (Phi) is 3.74. The van der Waals surface area contributed by atoms with Gasteiger partial charge >= 0.3 is 0 Å². The maximum Gasteiger partial charge on any atom is 0.150 e. The molecule has 1 saturated carbocycles. The second kappa shape index (κ2) is 4.42. The standard InChI is InChI=1S/C9H19NO2S/c1-13(11,12)9-6-4-2-3-5-8(9)7-10/h8-9H,2-7,10H2,1H3. The maximum absolute atomic E-state index is 11.5. The average molecular weight is 205 g/mol. The molecule has 1 fully saturated rings. The lowest BCUT2D eigenvalue weighted by Gasteiger charge is -2.21. The van der Waals surface area contributed by atoms with Crippen molar-refractivity contribution in [2.75, 3.05) is 12.8 Å². The topological polar surface area (TPSA) is 60.2 Å². The van der Waals surface area contributed by atoms with Gasteiger partial charge in [0.15, 0.2) is 9.84 Å². The maximum atomic E-state index is 11.5. The van der Waals surface area contributed by atoms with E-state index in [1.54, 1.807) is 0 Å². The highest BCUT2D eigenvalue weighted by Gasteiger charge is 2.30. The summed E-state index contributed by atoms with van der Waals surface area (Å²) < 4.78 is 22.9. The SMILES string of the molecule is CS(=O)(=O)C1CCCCCC1CN. The van der Waals surface area contributed by atoms with Crippen LogP contribution in [-0.2, 0) is 9.84 Å². The third kappa shape index (κ3) is 2.95. The van der Waals surface area contributed by atoms with Gasteiger partial charge in [-0.2, -0.15) is 0 Å². The van der Waals surface area contributed by atoms with Crippen molar-refractivity contribution in [2.24, 2.45) is 11.7 Å². The second-order valence-electron chi connectivity index (χ2n) is 4.00. The number of sulfone groups is 1. The van der Waals surface area contributed by atoms with Crippen LogP contribution in [0.4, 0.5) is 0 Å². The molecule has 0 spiro atoms. The van der Waals surface area contributed by atoms with E-state index in [1.807, 2.05) is 0 Å². The summed E-state index contributed by atoms with van der Waals surface area (Å²) in [4.78, 5) is 0. The van der Waals surface area contributed by atoms with Gasteiger partial charge < -0.3 is 5.73 Å². The summed E-state index contributed by atoms with van der Waals surface area (Å²) >= 11 is 0. The predicted molar refractivity (Wildman–Crippen MR) is 54.3 cm³/mol. The lowest BCUT2D eigenvalue weighted by Crippen LogP contribution is -2.33. The van der Waals surface area contributed by atoms with Crippen LogP contribution in [0.25, 0.3) is 0 Å². The van der Waals surface area contributed by atoms with Crippen molar-refractivity contribution in [1.29, 1.82) is 0 Å². The Morgan fingerprint density at radius 3 is 2.38 bits per heavy atom. The van der Waals surface area contributed by atoms with E-state index in [2.05, 4.69) is 0 Å². The zero-order valence-corrected chi connectivity index (χ0v) is 9.02. The van der Waals surface area contributed by atoms with E-state index in [0.29, 0.717) is 6.54 Å². The molecule has 4 heteroatoms. The molecule has 13 heavy (non-hydrogen) atoms. The smallest absolute Gasteiger partial charge is 0.150 e. The third-order valence-corrected chi connectivity index (χ3v) is 4.66. The second-order valence-corrected chi connectivity index (χ2v) is 6.27. The normalized spacial score (nSPS) is 31.2. The van der Waals surface area contributed by atoms with Gasteiger partial charge in [-0.3, -0.25) is 0 Å². The minimum Gasteiger partial charge on any atom is -0.330 e. The Bertz CT molecular complexity index is 248. The van der Waals surface area contributed by atoms with Crippen molar-refractivity contribution < 1.29 is 8.42 Å². The molecule has 0 aromatic rings. The van der Waals surface area contributed by atoms with Gasteiger partial charge in [0.25, 0.3) is 0 Å². The van der Waals surface area contributed by atoms with E-state index in [9.17, 15) is 8.42 Å². The molecule has 0 heterocycles. The molecule has 0 aliphatic heterocycles. The molecular formula is C9H19NO2S. The molecule has 0 saturated heterocycles. The summed E-state index contributed by atoms with van der Waals surface area (Å²) in [6, 6.07) is 0. The van der Waals surface area contributed by atoms with Gasteiger partial charge in [-0.1, -0.05) is 19.3 Å². The van der Waals surface area contributed by atoms with E-state index in [-0.39, 0.29) is 11.2 Å². The van der Waals surface area contributed by atoms with Gasteiger partial charge in [0.05, 0.1) is 5.25 Å². The highest BCUT2D eigenvalue weighted by Crippen LogP contribution is 2.27. The number of nitrogens with two attached hydrogens (primary N) is 1. The average Bonchev–Trinajstić information content (AvgIpc) is 2.26. The Balaban J connectivity index is 2.77. The molecule has 1 aliphatic carbocycles. The van der Waals surface area contributed by atoms with Crippen molar-refractivity contribution in [3.63, 3.8) is 0 Å². The van der Waals surface area contributed by atoms with Crippen LogP contribution in [0.2, 0.25) is 0 Å². The molecule has 1 aliphatic rings. The molecule has 0 aromatic heterocycles. The van der Waals surface area contributed by atoms with E-state index in [1.165, 1.54) is 6.26 Å². The lowest BCUT2D eigenvalue weighted by atomic mass is 10.0. The molecule has 0 bridgehead atoms. The first kappa shape index (κ1) is 11.0. The summed E-state index contributed by atoms with van der Waals surface area (Å²) in [5, 5.41) is -0.181. The first-order chi connectivity index (χ1) is 6.05. The molecule has 0 amide bonds. The zero-order chi connectivity index (χ0) is 9.90. The Morgan fingerprint density at radius 1 is 1.23 bits per heavy atom. The predicted octanol–water partition coefficient (Wildman–Crippen LogP) is 0.939. The van der Waals surface area contributed by atoms with Crippen molar-refractivity contribution >= 4 is 9.84 Å². The lowest BCUT2D eigenvalue weighted by molar-refractivity contribution is 0.458. The minimum atomic E-state index is -2.89. The van der Waals surface area contributed by atoms with Crippen LogP contribution in [0.1, 0.15) is 32.1 Å². The van der Waals surface area contributed by atoms with Crippen LogP contribution in [0, 0.1) is 5.92 Å². The summed E-state index contributed by atoms with van der Waals surface area (Å²) in [5.74, 6) is 0.192. The Hall–Kier alpha value is -0.0900. The van der Waals surface area contributed by atoms with Crippen molar-refractivity contribution in [3.05, 3.63) is 0 Å². The van der Waals surface area contributed by atoms with Gasteiger partial charge in [-0.15, -0.1) is 0 Å². The zero-order valence-electron chi connectivity index (χ0n) is 8.20. The Morgan fingerprint density at radius 2 is 1.85 bits per heavy atom. The first-order valence-corrected chi connectivity index (χ1v) is 6.90. The van der Waals surface area contributed by atoms with Crippen LogP contribution >= 0.6 is 0 Å². The van der Waals surface area contributed by atoms with Crippen LogP contribution < -0.4 is 5.73 Å². The molecule has 2 atom stereocenters. The highest BCUT2D eigenvalue weighted by molar-refractivity contribution is 7.91. The van der Waals surface area contributed by atoms with Crippen LogP contribution in [-0.4, -0.2) is 26.5 Å². The van der Waals surface area contributed by atoms with Crippen LogP contribution in [0.15, 0.2) is 0 Å². The summed E-state index contributed by atoms with van der Waals surface area (Å²) in [5.41, 5.74) is 5.60. The third-order valence-electron chi connectivity index (χ3n) is 2.94. The minimum absolute atomic E-state index is 0.181. The first-order valence-electron chi connectivity index (χ1n) is 4.94. The molecule has 0 aromatic carbocycles. The van der Waals surface area contributed by atoms with Gasteiger partial charge in [0, 0.05) is 6.26 Å². The van der Waals surface area contributed by atoms with E-state index in [0.717, 1.165) is 32.1 Å². The Labute approximate surface area is 80.6 Å². The fourth-order valence-corrected chi connectivity index (χ4v) is 3.72. The van der Waals surface area contributed by atoms with Crippen molar-refractivity contribution in [2.45, 2.75) is 37.4 Å². The van der Waals surface area contributed by atoms with Crippen molar-refractivity contribution in [3.8, 4) is 0 Å². The molecule has 3 nitrogen and oxygen atoms in total. The molecule has 1 rings (SSSR count). The summed E-state index contributed by atoms with van der Waals surface area (Å²) in [7, 11) is -2.89. The molecular weight excluding hydrogens is 186 g/mol. The number of hydrogen-bond acceptors (Lipinski definition) is 3. The number of rotatable bonds is 2. The van der Waals surface area contributed by atoms with Gasteiger partial charge in [-0.05, 0) is 25.3 Å². The number of hydrogen-bond donors (Lipinski definition) is 1. The van der Waals surface area contributed by atoms with E-state index in [4.69, 9.17) is 5.73 Å². The van der Waals surface area contributed by atoms with E-state index >= 15 is 0 Å². The van der Waals surface area contributed by atoms with Crippen LogP contribution in [0.3, 0.4) is 0 Å². The quantitative estimate of drug-likeness (QED) is 0.682. The van der Waals surface area contributed by atoms with Gasteiger partial charge in [0.2, 0.25) is 0 Å². The monoisotopic (exact) mass is 205 g/mol. The summed E-state index contributed by atoms with van der Waals surface area (Å²) in [6.45, 7) is 0.512. The molecule has 2 unspecified atom stereocenters. The fourth-order valence-electron chi connectivity index (χ4n) is 2.18. The van der Waals surface area contributed by atoms with Crippen molar-refractivity contribution in [1.82, 2.24) is 0 Å². The largest absolute Gasteiger partial charge is 0.330 e. The summed E-state index contributed by atoms with van der Waals surface area (Å²) in [6.07, 6.45) is 6.45.